The Morgan fingerprint density at radius 1 is 1.18 bits per heavy atom. The second kappa shape index (κ2) is 10.6. The van der Waals surface area contributed by atoms with Gasteiger partial charge in [-0.1, -0.05) is 12.1 Å². The number of benzene rings is 2. The highest BCUT2D eigenvalue weighted by molar-refractivity contribution is 7.92. The molecule has 2 amide bonds. The maximum Gasteiger partial charge on any atom is 0.573 e. The number of nitrogens with one attached hydrogen (secondary N) is 1. The molecule has 1 fully saturated rings. The van der Waals surface area contributed by atoms with Crippen molar-refractivity contribution in [2.75, 3.05) is 25.0 Å². The first-order valence-corrected chi connectivity index (χ1v) is 13.6. The van der Waals surface area contributed by atoms with E-state index in [1.165, 1.54) is 29.6 Å². The number of sulfonamides is 1. The van der Waals surface area contributed by atoms with Gasteiger partial charge in [0.1, 0.15) is 17.1 Å². The molecule has 0 aliphatic carbocycles. The van der Waals surface area contributed by atoms with Gasteiger partial charge in [-0.3, -0.25) is 14.7 Å². The van der Waals surface area contributed by atoms with Crippen LogP contribution in [0.2, 0.25) is 0 Å². The number of piperidine rings is 1. The Hall–Kier alpha value is -3.91. The molecule has 1 saturated heterocycles. The Morgan fingerprint density at radius 2 is 1.80 bits per heavy atom. The number of aryl methyl sites for hydroxylation is 2. The minimum atomic E-state index is -4.87. The number of alkyl halides is 3. The van der Waals surface area contributed by atoms with E-state index >= 15 is 0 Å². The zero-order valence-electron chi connectivity index (χ0n) is 21.8. The van der Waals surface area contributed by atoms with Gasteiger partial charge >= 0.3 is 12.5 Å². The lowest BCUT2D eigenvalue weighted by molar-refractivity contribution is -0.274. The third kappa shape index (κ3) is 6.12. The van der Waals surface area contributed by atoms with Crippen LogP contribution in [0.1, 0.15) is 35.1 Å². The summed E-state index contributed by atoms with van der Waals surface area (Å²) in [5.74, 6) is -0.809. The third-order valence-corrected chi connectivity index (χ3v) is 8.46. The zero-order chi connectivity index (χ0) is 29.5. The minimum Gasteiger partial charge on any atom is -0.465 e. The standard InChI is InChI=1S/C26H27F3N4O6S/c1-16-13-19(32(3)24(35)36)14-17(2)21(16)7-12-40(37,38)33-10-8-25(9-11-33)23(34)30-22(31-25)18-5-4-6-20(15-18)39-26(27,28)29/h4-7,12-15H,8-11H2,1-3H3,(H,35,36)(H,30,31,34)/b12-7+. The van der Waals surface area contributed by atoms with Gasteiger partial charge in [-0.05, 0) is 73.7 Å². The van der Waals surface area contributed by atoms with E-state index < -0.39 is 39.7 Å². The van der Waals surface area contributed by atoms with Gasteiger partial charge in [0, 0.05) is 36.8 Å². The summed E-state index contributed by atoms with van der Waals surface area (Å²) in [6, 6.07) is 8.38. The van der Waals surface area contributed by atoms with Crippen LogP contribution in [0.25, 0.3) is 6.08 Å². The summed E-state index contributed by atoms with van der Waals surface area (Å²) in [7, 11) is -2.45. The number of aliphatic imine (C=N–C) groups is 1. The van der Waals surface area contributed by atoms with E-state index in [0.717, 1.165) is 22.4 Å². The number of amidine groups is 1. The monoisotopic (exact) mass is 580 g/mol. The molecule has 2 aromatic rings. The van der Waals surface area contributed by atoms with Crippen molar-refractivity contribution in [3.63, 3.8) is 0 Å². The number of nitrogens with zero attached hydrogens (tertiary/aromatic N) is 3. The molecular weight excluding hydrogens is 553 g/mol. The number of hydrogen-bond acceptors (Lipinski definition) is 6. The van der Waals surface area contributed by atoms with E-state index in [1.807, 2.05) is 0 Å². The normalized spacial score (nSPS) is 17.6. The number of rotatable bonds is 6. The highest BCUT2D eigenvalue weighted by Crippen LogP contribution is 2.33. The maximum absolute atomic E-state index is 13.1. The highest BCUT2D eigenvalue weighted by Gasteiger charge is 2.47. The lowest BCUT2D eigenvalue weighted by atomic mass is 9.89. The molecule has 10 nitrogen and oxygen atoms in total. The van der Waals surface area contributed by atoms with E-state index in [-0.39, 0.29) is 37.3 Å². The SMILES string of the molecule is Cc1cc(N(C)C(=O)O)cc(C)c1/C=C/S(=O)(=O)N1CCC2(CC1)N=C(c1cccc(OC(F)(F)F)c1)NC2=O. The van der Waals surface area contributed by atoms with E-state index in [9.17, 15) is 36.3 Å². The lowest BCUT2D eigenvalue weighted by Gasteiger charge is -2.34. The molecule has 0 aromatic heterocycles. The number of carboxylic acid groups (broad SMARTS) is 1. The molecule has 40 heavy (non-hydrogen) atoms. The molecular formula is C26H27F3N4O6S. The Balaban J connectivity index is 1.48. The van der Waals surface area contributed by atoms with Crippen LogP contribution in [-0.2, 0) is 14.8 Å². The fourth-order valence-corrected chi connectivity index (χ4v) is 5.87. The molecule has 14 heteroatoms. The van der Waals surface area contributed by atoms with Crippen molar-refractivity contribution < 1.29 is 41.0 Å². The van der Waals surface area contributed by atoms with Gasteiger partial charge in [-0.25, -0.2) is 13.2 Å². The average Bonchev–Trinajstić information content (AvgIpc) is 3.17. The van der Waals surface area contributed by atoms with E-state index in [2.05, 4.69) is 15.0 Å². The maximum atomic E-state index is 13.1. The fraction of sp³-hybridized carbons (Fsp3) is 0.346. The van der Waals surface area contributed by atoms with Crippen molar-refractivity contribution in [1.82, 2.24) is 9.62 Å². The summed E-state index contributed by atoms with van der Waals surface area (Å²) in [5, 5.41) is 12.9. The van der Waals surface area contributed by atoms with Gasteiger partial charge in [0.05, 0.1) is 0 Å². The molecule has 0 bridgehead atoms. The predicted molar refractivity (Wildman–Crippen MR) is 142 cm³/mol. The second-order valence-corrected chi connectivity index (χ2v) is 11.4. The topological polar surface area (TPSA) is 129 Å². The van der Waals surface area contributed by atoms with Crippen molar-refractivity contribution in [3.05, 3.63) is 64.1 Å². The van der Waals surface area contributed by atoms with Crippen LogP contribution >= 0.6 is 0 Å². The number of ether oxygens (including phenoxy) is 1. The van der Waals surface area contributed by atoms with Gasteiger partial charge in [-0.15, -0.1) is 13.2 Å². The Labute approximate surface area is 228 Å². The van der Waals surface area contributed by atoms with Crippen LogP contribution in [0.4, 0.5) is 23.7 Å². The van der Waals surface area contributed by atoms with Crippen LogP contribution < -0.4 is 15.0 Å². The van der Waals surface area contributed by atoms with E-state index in [0.29, 0.717) is 22.4 Å². The highest BCUT2D eigenvalue weighted by atomic mass is 32.2. The van der Waals surface area contributed by atoms with Crippen LogP contribution in [-0.4, -0.2) is 67.7 Å². The molecule has 0 saturated carbocycles. The summed E-state index contributed by atoms with van der Waals surface area (Å²) < 4.78 is 69.1. The van der Waals surface area contributed by atoms with Crippen molar-refractivity contribution in [3.8, 4) is 5.75 Å². The largest absolute Gasteiger partial charge is 0.573 e. The Bertz CT molecular complexity index is 1490. The van der Waals surface area contributed by atoms with Crippen molar-refractivity contribution in [2.45, 2.75) is 38.6 Å². The predicted octanol–water partition coefficient (Wildman–Crippen LogP) is 4.03. The van der Waals surface area contributed by atoms with Crippen molar-refractivity contribution in [1.29, 1.82) is 0 Å². The summed E-state index contributed by atoms with van der Waals surface area (Å²) >= 11 is 0. The van der Waals surface area contributed by atoms with Gasteiger partial charge < -0.3 is 15.2 Å². The molecule has 2 N–H and O–H groups in total. The molecule has 0 unspecified atom stereocenters. The molecule has 2 aliphatic heterocycles. The number of amides is 2. The molecule has 0 atom stereocenters. The summed E-state index contributed by atoms with van der Waals surface area (Å²) in [6.45, 7) is 3.52. The molecule has 2 aliphatic rings. The van der Waals surface area contributed by atoms with Crippen LogP contribution in [0.5, 0.6) is 5.75 Å². The lowest BCUT2D eigenvalue weighted by Crippen LogP contribution is -2.50. The number of anilines is 1. The minimum absolute atomic E-state index is 0.00834. The smallest absolute Gasteiger partial charge is 0.465 e. The zero-order valence-corrected chi connectivity index (χ0v) is 22.6. The van der Waals surface area contributed by atoms with E-state index in [4.69, 9.17) is 0 Å². The van der Waals surface area contributed by atoms with Gasteiger partial charge in [-0.2, -0.15) is 4.31 Å². The van der Waals surface area contributed by atoms with E-state index in [1.54, 1.807) is 26.0 Å². The summed E-state index contributed by atoms with van der Waals surface area (Å²) in [4.78, 5) is 29.6. The van der Waals surface area contributed by atoms with Gasteiger partial charge in [0.2, 0.25) is 10.0 Å². The molecule has 214 valence electrons. The van der Waals surface area contributed by atoms with Crippen molar-refractivity contribution in [2.24, 2.45) is 4.99 Å². The summed E-state index contributed by atoms with van der Waals surface area (Å²) in [5.41, 5.74) is 1.49. The number of carbonyl (C=O) groups is 2. The molecule has 4 rings (SSSR count). The fourth-order valence-electron chi connectivity index (χ4n) is 4.70. The number of halogens is 3. The van der Waals surface area contributed by atoms with Gasteiger partial charge in [0.15, 0.2) is 0 Å². The van der Waals surface area contributed by atoms with Crippen LogP contribution in [0.15, 0.2) is 46.8 Å². The number of hydrogen-bond donors (Lipinski definition) is 2. The molecule has 1 spiro atoms. The quantitative estimate of drug-likeness (QED) is 0.531. The number of carbonyl (C=O) groups excluding carboxylic acids is 1. The molecule has 0 radical (unpaired) electrons. The Kier molecular flexibility index (Phi) is 7.69. The van der Waals surface area contributed by atoms with Crippen LogP contribution in [0.3, 0.4) is 0 Å². The molecule has 2 heterocycles. The first-order valence-electron chi connectivity index (χ1n) is 12.1. The first-order chi connectivity index (χ1) is 18.6. The average molecular weight is 581 g/mol. The first kappa shape index (κ1) is 29.1. The van der Waals surface area contributed by atoms with Gasteiger partial charge in [0.25, 0.3) is 5.91 Å². The Morgan fingerprint density at radius 3 is 2.38 bits per heavy atom. The van der Waals surface area contributed by atoms with Crippen molar-refractivity contribution >= 4 is 39.6 Å². The summed E-state index contributed by atoms with van der Waals surface area (Å²) in [6.07, 6.45) is -4.36. The second-order valence-electron chi connectivity index (χ2n) is 9.60. The third-order valence-electron chi connectivity index (χ3n) is 6.89. The van der Waals surface area contributed by atoms with Crippen LogP contribution in [0, 0.1) is 13.8 Å². The molecule has 2 aromatic carbocycles.